The number of hydrogen-bond acceptors (Lipinski definition) is 10. The molecule has 2 heterocycles. The van der Waals surface area contributed by atoms with E-state index in [9.17, 15) is 4.79 Å². The highest BCUT2D eigenvalue weighted by molar-refractivity contribution is 7.57. The second-order valence-electron chi connectivity index (χ2n) is 12.4. The second kappa shape index (κ2) is 17.2. The number of carbonyl (C=O) groups excluding carboxylic acids is 5. The van der Waals surface area contributed by atoms with E-state index in [1.807, 2.05) is 90.5 Å². The lowest BCUT2D eigenvalue weighted by molar-refractivity contribution is -0.193. The highest BCUT2D eigenvalue weighted by Crippen LogP contribution is 2.58. The maximum atomic E-state index is 13.4. The Morgan fingerprint density at radius 1 is 0.545 bits per heavy atom. The molecule has 0 spiro atoms. The molecule has 8 rings (SSSR count). The molecule has 2 unspecified atom stereocenters. The minimum Gasteiger partial charge on any atom is -0.435 e. The summed E-state index contributed by atoms with van der Waals surface area (Å²) in [5, 5.41) is 1.02. The van der Waals surface area contributed by atoms with Crippen molar-refractivity contribution in [3.8, 4) is 39.5 Å². The van der Waals surface area contributed by atoms with Crippen LogP contribution in [0.3, 0.4) is 0 Å². The first kappa shape index (κ1) is 38.3. The molecule has 2 atom stereocenters. The molecule has 0 amide bonds. The van der Waals surface area contributed by atoms with Gasteiger partial charge in [-0.2, -0.15) is 19.2 Å². The number of para-hydroxylation sites is 3. The summed E-state index contributed by atoms with van der Waals surface area (Å²) >= 11 is 0. The third kappa shape index (κ3) is 8.10. The summed E-state index contributed by atoms with van der Waals surface area (Å²) in [7, 11) is -3.44. The molecule has 0 N–H and O–H groups in total. The lowest BCUT2D eigenvalue weighted by atomic mass is 9.95. The number of rotatable bonds is 6. The minimum atomic E-state index is -1.93. The first-order valence-corrected chi connectivity index (χ1v) is 19.2. The zero-order valence-electron chi connectivity index (χ0n) is 30.1. The van der Waals surface area contributed by atoms with Gasteiger partial charge in [-0.3, -0.25) is 4.67 Å². The molecule has 12 heteroatoms. The summed E-state index contributed by atoms with van der Waals surface area (Å²) in [5.41, 5.74) is 10.1. The van der Waals surface area contributed by atoms with E-state index in [1.165, 1.54) is 0 Å². The molecule has 0 bridgehead atoms. The molecule has 0 aromatic heterocycles. The Morgan fingerprint density at radius 3 is 1.69 bits per heavy atom. The van der Waals surface area contributed by atoms with E-state index in [0.29, 0.717) is 11.3 Å². The molecule has 0 saturated heterocycles. The van der Waals surface area contributed by atoms with Crippen molar-refractivity contribution in [1.82, 2.24) is 0 Å². The van der Waals surface area contributed by atoms with E-state index in [4.69, 9.17) is 37.3 Å². The van der Waals surface area contributed by atoms with Crippen molar-refractivity contribution in [3.05, 3.63) is 155 Å². The first-order chi connectivity index (χ1) is 26.7. The van der Waals surface area contributed by atoms with Crippen molar-refractivity contribution in [1.29, 1.82) is 0 Å². The molecule has 274 valence electrons. The van der Waals surface area contributed by atoms with Crippen molar-refractivity contribution in [2.24, 2.45) is 0 Å². The largest absolute Gasteiger partial charge is 0.435 e. The van der Waals surface area contributed by atoms with Crippen LogP contribution in [0.2, 0.25) is 0 Å². The first-order valence-electron chi connectivity index (χ1n) is 16.9. The summed E-state index contributed by atoms with van der Waals surface area (Å²) < 4.78 is 28.6. The molecule has 0 fully saturated rings. The average molecular weight is 770 g/mol. The van der Waals surface area contributed by atoms with Crippen molar-refractivity contribution in [2.45, 2.75) is 27.7 Å². The van der Waals surface area contributed by atoms with Gasteiger partial charge in [-0.1, -0.05) is 78.9 Å². The summed E-state index contributed by atoms with van der Waals surface area (Å²) in [6, 6.07) is 42.2. The topological polar surface area (TPSA) is 126 Å². The fraction of sp³-hybridized carbons (Fsp3) is 0.0930. The van der Waals surface area contributed by atoms with Gasteiger partial charge in [0.1, 0.15) is 17.2 Å². The zero-order valence-corrected chi connectivity index (χ0v) is 31.9. The molecule has 0 aliphatic carbocycles. The molecule has 0 saturated carbocycles. The van der Waals surface area contributed by atoms with E-state index in [0.717, 1.165) is 72.7 Å². The molecular weight excluding hydrogens is 736 g/mol. The summed E-state index contributed by atoms with van der Waals surface area (Å²) in [4.78, 5) is 45.9. The van der Waals surface area contributed by atoms with Crippen LogP contribution in [-0.4, -0.2) is 18.3 Å². The Balaban J connectivity index is 0.000000807. The molecule has 2 aliphatic rings. The van der Waals surface area contributed by atoms with Crippen LogP contribution in [0.15, 0.2) is 127 Å². The predicted octanol–water partition coefficient (Wildman–Crippen LogP) is 10.1. The highest BCUT2D eigenvalue weighted by Gasteiger charge is 2.39. The van der Waals surface area contributed by atoms with Gasteiger partial charge in [0.2, 0.25) is 0 Å². The predicted molar refractivity (Wildman–Crippen MR) is 209 cm³/mol. The van der Waals surface area contributed by atoms with Crippen molar-refractivity contribution >= 4 is 51.9 Å². The van der Waals surface area contributed by atoms with Gasteiger partial charge in [0.05, 0.1) is 22.2 Å². The minimum absolute atomic E-state index is 0.250. The van der Waals surface area contributed by atoms with Crippen LogP contribution in [0.25, 0.3) is 22.3 Å². The summed E-state index contributed by atoms with van der Waals surface area (Å²) in [6.07, 6.45) is 0.500. The lowest BCUT2D eigenvalue weighted by Crippen LogP contribution is -2.25. The van der Waals surface area contributed by atoms with Gasteiger partial charge in [0.25, 0.3) is 0 Å². The SMILES string of the molecule is Cc1cc(C)c(OP2Oc3ccccc3-c3ccccc32)c(-c2cc(C)cc(C)c2OP2OC(=O)c3ccccc3N2c2ccccc2)c1.O=C=O.O=C=O. The third-order valence-corrected chi connectivity index (χ3v) is 11.5. The lowest BCUT2D eigenvalue weighted by Gasteiger charge is -2.35. The molecular formula is C43H33NO9P2. The van der Waals surface area contributed by atoms with Crippen LogP contribution in [-0.2, 0) is 23.7 Å². The van der Waals surface area contributed by atoms with Gasteiger partial charge in [0.15, 0.2) is 0 Å². The highest BCUT2D eigenvalue weighted by atomic mass is 31.2. The van der Waals surface area contributed by atoms with Crippen LogP contribution in [0, 0.1) is 27.7 Å². The number of fused-ring (bicyclic) bond motifs is 4. The van der Waals surface area contributed by atoms with E-state index in [-0.39, 0.29) is 12.3 Å². The Bertz CT molecular complexity index is 2430. The number of carbonyl (C=O) groups is 1. The van der Waals surface area contributed by atoms with Crippen molar-refractivity contribution in [2.75, 3.05) is 4.67 Å². The Hall–Kier alpha value is -6.39. The second-order valence-corrected chi connectivity index (χ2v) is 15.0. The molecule has 0 radical (unpaired) electrons. The third-order valence-electron chi connectivity index (χ3n) is 8.61. The average Bonchev–Trinajstić information content (AvgIpc) is 3.18. The monoisotopic (exact) mass is 769 g/mol. The number of nitrogens with zero attached hydrogens (tertiary/aromatic N) is 1. The van der Waals surface area contributed by atoms with Gasteiger partial charge in [-0.05, 0) is 104 Å². The van der Waals surface area contributed by atoms with E-state index in [1.54, 1.807) is 6.07 Å². The van der Waals surface area contributed by atoms with Gasteiger partial charge in [-0.15, -0.1) is 0 Å². The van der Waals surface area contributed by atoms with Crippen LogP contribution < -0.4 is 23.5 Å². The Labute approximate surface area is 320 Å². The molecule has 55 heavy (non-hydrogen) atoms. The van der Waals surface area contributed by atoms with E-state index >= 15 is 0 Å². The Kier molecular flexibility index (Phi) is 12.0. The normalized spacial score (nSPS) is 14.6. The van der Waals surface area contributed by atoms with Crippen molar-refractivity contribution in [3.63, 3.8) is 0 Å². The number of anilines is 2. The maximum Gasteiger partial charge on any atom is 0.424 e. The smallest absolute Gasteiger partial charge is 0.424 e. The maximum absolute atomic E-state index is 13.4. The van der Waals surface area contributed by atoms with Gasteiger partial charge in [-0.25, -0.2) is 4.79 Å². The number of benzene rings is 6. The van der Waals surface area contributed by atoms with Crippen LogP contribution in [0.4, 0.5) is 11.4 Å². The van der Waals surface area contributed by atoms with Crippen LogP contribution in [0.1, 0.15) is 32.6 Å². The summed E-state index contributed by atoms with van der Waals surface area (Å²) in [6.45, 7) is 8.25. The van der Waals surface area contributed by atoms with E-state index in [2.05, 4.69) is 63.2 Å². The number of aryl methyl sites for hydroxylation is 4. The molecule has 2 aliphatic heterocycles. The Morgan fingerprint density at radius 2 is 1.05 bits per heavy atom. The number of hydrogen-bond donors (Lipinski definition) is 0. The quantitative estimate of drug-likeness (QED) is 0.151. The van der Waals surface area contributed by atoms with Gasteiger partial charge in [0, 0.05) is 16.7 Å². The van der Waals surface area contributed by atoms with E-state index < -0.39 is 22.9 Å². The summed E-state index contributed by atoms with van der Waals surface area (Å²) in [5.74, 6) is 1.74. The fourth-order valence-corrected chi connectivity index (χ4v) is 9.58. The molecule has 6 aromatic rings. The van der Waals surface area contributed by atoms with Crippen LogP contribution in [0.5, 0.6) is 17.2 Å². The van der Waals surface area contributed by atoms with Crippen molar-refractivity contribution < 1.29 is 42.1 Å². The fourth-order valence-electron chi connectivity index (χ4n) is 6.49. The standard InChI is InChI=1S/C41H33NO5P2.2CO2/c1-26-22-28(3)39(45-48-38-21-13-10-17-32(38)31-16-9-12-20-37(31)44-48)34(24-26)35-25-27(2)23-29(4)40(35)46-49-42(30-14-6-5-7-15-30)36-19-11-8-18-33(36)41(43)47-49;2*2-1-3/h5-25H,1-4H3;;. The van der Waals surface area contributed by atoms with Gasteiger partial charge < -0.3 is 18.1 Å². The van der Waals surface area contributed by atoms with Crippen LogP contribution >= 0.6 is 16.9 Å². The van der Waals surface area contributed by atoms with Gasteiger partial charge >= 0.3 is 35.2 Å². The zero-order chi connectivity index (χ0) is 39.1. The molecule has 10 nitrogen and oxygen atoms in total. The molecule has 6 aromatic carbocycles.